The first-order valence-electron chi connectivity index (χ1n) is 4.25. The Hall–Kier alpha value is -0.810. The maximum atomic E-state index is 11.7. The third-order valence-electron chi connectivity index (χ3n) is 1.97. The van der Waals surface area contributed by atoms with Crippen LogP contribution >= 0.6 is 11.9 Å². The Labute approximate surface area is 87.2 Å². The number of ketones is 1. The summed E-state index contributed by atoms with van der Waals surface area (Å²) >= 11 is 0.926. The number of carbonyl (C=O) groups excluding carboxylic acids is 2. The van der Waals surface area contributed by atoms with Crippen LogP contribution in [0.5, 0.6) is 0 Å². The van der Waals surface area contributed by atoms with Gasteiger partial charge in [-0.15, -0.1) is 0 Å². The molecule has 0 aromatic heterocycles. The fourth-order valence-corrected chi connectivity index (χ4v) is 1.67. The lowest BCUT2D eigenvalue weighted by molar-refractivity contribution is -0.142. The van der Waals surface area contributed by atoms with Crippen LogP contribution in [0.1, 0.15) is 13.8 Å². The van der Waals surface area contributed by atoms with Crippen LogP contribution < -0.4 is 4.72 Å². The Bertz CT molecular complexity index is 286. The molecule has 1 N–H and O–H groups in total. The van der Waals surface area contributed by atoms with Crippen molar-refractivity contribution in [2.45, 2.75) is 19.4 Å². The number of rotatable bonds is 2. The minimum absolute atomic E-state index is 0.201. The van der Waals surface area contributed by atoms with Crippen molar-refractivity contribution >= 4 is 22.8 Å². The van der Waals surface area contributed by atoms with Crippen molar-refractivity contribution in [3.63, 3.8) is 0 Å². The zero-order chi connectivity index (χ0) is 10.8. The quantitative estimate of drug-likeness (QED) is 0.547. The largest absolute Gasteiger partial charge is 0.488 e. The first kappa shape index (κ1) is 11.3. The number of hydrogen-bond donors (Lipinski definition) is 1. The molecule has 78 valence electrons. The summed E-state index contributed by atoms with van der Waals surface area (Å²) in [5.41, 5.74) is -0.899. The molecule has 0 fully saturated rings. The van der Waals surface area contributed by atoms with Gasteiger partial charge in [-0.3, -0.25) is 14.3 Å². The highest BCUT2D eigenvalue weighted by Crippen LogP contribution is 2.25. The van der Waals surface area contributed by atoms with Gasteiger partial charge in [0, 0.05) is 0 Å². The molecule has 1 atom stereocenters. The molecule has 0 aromatic carbocycles. The lowest BCUT2D eigenvalue weighted by atomic mass is 9.90. The molecule has 1 unspecified atom stereocenters. The highest BCUT2D eigenvalue weighted by Gasteiger charge is 2.40. The fraction of sp³-hybridized carbons (Fsp3) is 0.556. The second kappa shape index (κ2) is 4.14. The number of ether oxygens (including phenoxy) is 1. The van der Waals surface area contributed by atoms with Gasteiger partial charge >= 0.3 is 0 Å². The minimum atomic E-state index is -0.899. The number of Topliss-reactive ketones (excluding diaryl/α,β-unsaturated/α-hetero) is 1. The predicted octanol–water partition coefficient (Wildman–Crippen LogP) is 0.888. The van der Waals surface area contributed by atoms with Crippen molar-refractivity contribution in [2.24, 2.45) is 5.92 Å². The first-order chi connectivity index (χ1) is 6.49. The normalized spacial score (nSPS) is 24.5. The molecular weight excluding hydrogens is 202 g/mol. The smallest absolute Gasteiger partial charge is 0.218 e. The van der Waals surface area contributed by atoms with Gasteiger partial charge in [0.15, 0.2) is 11.4 Å². The molecule has 14 heavy (non-hydrogen) atoms. The van der Waals surface area contributed by atoms with Crippen LogP contribution in [0.25, 0.3) is 0 Å². The van der Waals surface area contributed by atoms with Gasteiger partial charge in [0.05, 0.1) is 6.26 Å². The van der Waals surface area contributed by atoms with E-state index in [0.29, 0.717) is 0 Å². The molecule has 4 nitrogen and oxygen atoms in total. The molecule has 0 aromatic rings. The summed E-state index contributed by atoms with van der Waals surface area (Å²) in [6.07, 6.45) is 2.90. The van der Waals surface area contributed by atoms with E-state index in [9.17, 15) is 9.59 Å². The summed E-state index contributed by atoms with van der Waals surface area (Å²) in [6.45, 7) is 3.31. The molecule has 0 aliphatic carbocycles. The van der Waals surface area contributed by atoms with Crippen molar-refractivity contribution in [1.29, 1.82) is 0 Å². The van der Waals surface area contributed by atoms with Gasteiger partial charge in [0.2, 0.25) is 5.12 Å². The van der Waals surface area contributed by atoms with E-state index in [1.807, 2.05) is 0 Å². The molecule has 0 bridgehead atoms. The summed E-state index contributed by atoms with van der Waals surface area (Å²) in [5.74, 6) is -0.899. The Balaban J connectivity index is 2.80. The average molecular weight is 215 g/mol. The average Bonchev–Trinajstić information content (AvgIpc) is 2.10. The van der Waals surface area contributed by atoms with E-state index in [4.69, 9.17) is 4.74 Å². The van der Waals surface area contributed by atoms with Crippen molar-refractivity contribution in [1.82, 2.24) is 4.72 Å². The van der Waals surface area contributed by atoms with Crippen molar-refractivity contribution < 1.29 is 14.3 Å². The molecule has 1 rings (SSSR count). The second-order valence-corrected chi connectivity index (χ2v) is 4.44. The van der Waals surface area contributed by atoms with Crippen LogP contribution in [0, 0.1) is 5.92 Å². The highest BCUT2D eigenvalue weighted by atomic mass is 32.2. The molecule has 1 heterocycles. The Morgan fingerprint density at radius 2 is 2.29 bits per heavy atom. The number of carbonyl (C=O) groups is 2. The van der Waals surface area contributed by atoms with E-state index in [2.05, 4.69) is 4.72 Å². The number of allylic oxidation sites excluding steroid dienone is 1. The van der Waals surface area contributed by atoms with E-state index in [1.54, 1.807) is 20.9 Å². The first-order valence-corrected chi connectivity index (χ1v) is 5.07. The van der Waals surface area contributed by atoms with Crippen LogP contribution in [0.3, 0.4) is 0 Å². The molecule has 0 radical (unpaired) electrons. The standard InChI is InChI=1S/C9H13NO3S/c1-9(2)7(11)6(4-5-13-9)8(12)14-10-3/h4-6,10H,1-3H3. The van der Waals surface area contributed by atoms with Gasteiger partial charge in [0.1, 0.15) is 5.92 Å². The van der Waals surface area contributed by atoms with Crippen LogP contribution in [0.2, 0.25) is 0 Å². The third kappa shape index (κ3) is 2.16. The molecule has 0 amide bonds. The Morgan fingerprint density at radius 1 is 1.64 bits per heavy atom. The molecule has 1 aliphatic heterocycles. The number of nitrogens with one attached hydrogen (secondary N) is 1. The minimum Gasteiger partial charge on any atom is -0.488 e. The topological polar surface area (TPSA) is 55.4 Å². The zero-order valence-corrected chi connectivity index (χ0v) is 9.18. The fourth-order valence-electron chi connectivity index (χ4n) is 1.16. The summed E-state index contributed by atoms with van der Waals surface area (Å²) in [6, 6.07) is 0. The van der Waals surface area contributed by atoms with Crippen molar-refractivity contribution in [2.75, 3.05) is 7.05 Å². The van der Waals surface area contributed by atoms with E-state index >= 15 is 0 Å². The summed E-state index contributed by atoms with van der Waals surface area (Å²) in [4.78, 5) is 23.2. The highest BCUT2D eigenvalue weighted by molar-refractivity contribution is 8.12. The zero-order valence-electron chi connectivity index (χ0n) is 8.37. The Morgan fingerprint density at radius 3 is 2.86 bits per heavy atom. The van der Waals surface area contributed by atoms with Gasteiger partial charge in [0.25, 0.3) is 0 Å². The van der Waals surface area contributed by atoms with Crippen LogP contribution in [0.15, 0.2) is 12.3 Å². The lowest BCUT2D eigenvalue weighted by Gasteiger charge is -2.29. The summed E-state index contributed by atoms with van der Waals surface area (Å²) < 4.78 is 7.78. The van der Waals surface area contributed by atoms with Crippen LogP contribution in [-0.2, 0) is 14.3 Å². The van der Waals surface area contributed by atoms with E-state index < -0.39 is 11.5 Å². The van der Waals surface area contributed by atoms with Gasteiger partial charge in [-0.25, -0.2) is 0 Å². The molecule has 0 spiro atoms. The molecule has 0 saturated carbocycles. The molecule has 1 aliphatic rings. The van der Waals surface area contributed by atoms with E-state index in [-0.39, 0.29) is 10.9 Å². The monoisotopic (exact) mass is 215 g/mol. The molecular formula is C9H13NO3S. The van der Waals surface area contributed by atoms with Crippen molar-refractivity contribution in [3.8, 4) is 0 Å². The molecule has 0 saturated heterocycles. The van der Waals surface area contributed by atoms with Gasteiger partial charge in [-0.05, 0) is 38.9 Å². The summed E-state index contributed by atoms with van der Waals surface area (Å²) in [5, 5.41) is -0.204. The van der Waals surface area contributed by atoms with E-state index in [1.165, 1.54) is 12.3 Å². The van der Waals surface area contributed by atoms with Crippen molar-refractivity contribution in [3.05, 3.63) is 12.3 Å². The van der Waals surface area contributed by atoms with Crippen LogP contribution in [-0.4, -0.2) is 23.5 Å². The number of hydrogen-bond acceptors (Lipinski definition) is 5. The maximum Gasteiger partial charge on any atom is 0.218 e. The van der Waals surface area contributed by atoms with Gasteiger partial charge in [-0.2, -0.15) is 0 Å². The summed E-state index contributed by atoms with van der Waals surface area (Å²) in [7, 11) is 1.64. The predicted molar refractivity (Wildman–Crippen MR) is 54.5 cm³/mol. The SMILES string of the molecule is CNSC(=O)C1C=COC(C)(C)C1=O. The Kier molecular flexibility index (Phi) is 3.34. The van der Waals surface area contributed by atoms with Gasteiger partial charge in [-0.1, -0.05) is 0 Å². The second-order valence-electron chi connectivity index (χ2n) is 3.42. The van der Waals surface area contributed by atoms with Crippen LogP contribution in [0.4, 0.5) is 0 Å². The van der Waals surface area contributed by atoms with E-state index in [0.717, 1.165) is 11.9 Å². The lowest BCUT2D eigenvalue weighted by Crippen LogP contribution is -2.43. The third-order valence-corrected chi connectivity index (χ3v) is 2.63. The van der Waals surface area contributed by atoms with Gasteiger partial charge < -0.3 is 4.74 Å². The molecule has 5 heteroatoms. The maximum absolute atomic E-state index is 11.7.